The van der Waals surface area contributed by atoms with E-state index < -0.39 is 0 Å². The van der Waals surface area contributed by atoms with Crippen LogP contribution in [-0.4, -0.2) is 12.1 Å². The Labute approximate surface area is 102 Å². The van der Waals surface area contributed by atoms with Crippen LogP contribution in [0.3, 0.4) is 0 Å². The maximum atomic E-state index is 10.4. The van der Waals surface area contributed by atoms with E-state index in [1.807, 2.05) is 43.3 Å². The number of carbonyl (C=O) groups is 2. The molecule has 0 radical (unpaired) electrons. The van der Waals surface area contributed by atoms with E-state index in [1.165, 1.54) is 0 Å². The number of aldehydes is 1. The van der Waals surface area contributed by atoms with Crippen molar-refractivity contribution in [3.05, 3.63) is 48.0 Å². The van der Waals surface area contributed by atoms with Gasteiger partial charge in [-0.3, -0.25) is 4.79 Å². The van der Waals surface area contributed by atoms with E-state index in [2.05, 4.69) is 0 Å². The quantitative estimate of drug-likeness (QED) is 0.731. The minimum Gasteiger partial charge on any atom is -0.303 e. The Balaban J connectivity index is 0.000000181. The van der Waals surface area contributed by atoms with Crippen molar-refractivity contribution in [2.24, 2.45) is 0 Å². The van der Waals surface area contributed by atoms with Crippen molar-refractivity contribution in [2.45, 2.75) is 32.1 Å². The number of hydrogen-bond donors (Lipinski definition) is 0. The first-order valence-electron chi connectivity index (χ1n) is 5.93. The fourth-order valence-electron chi connectivity index (χ4n) is 1.53. The molecule has 1 aromatic carbocycles. The van der Waals surface area contributed by atoms with Gasteiger partial charge in [0.2, 0.25) is 0 Å². The van der Waals surface area contributed by atoms with Crippen LogP contribution in [0.2, 0.25) is 0 Å². The summed E-state index contributed by atoms with van der Waals surface area (Å²) >= 11 is 0. The Kier molecular flexibility index (Phi) is 5.94. The van der Waals surface area contributed by atoms with Gasteiger partial charge in [0.25, 0.3) is 0 Å². The maximum Gasteiger partial charge on any atom is 0.155 e. The highest BCUT2D eigenvalue weighted by Gasteiger charge is 2.00. The van der Waals surface area contributed by atoms with Crippen molar-refractivity contribution in [3.63, 3.8) is 0 Å². The fourth-order valence-corrected chi connectivity index (χ4v) is 1.53. The molecule has 0 saturated heterocycles. The molecule has 1 unspecified atom stereocenters. The third-order valence-electron chi connectivity index (χ3n) is 2.63. The molecule has 0 saturated carbocycles. The van der Waals surface area contributed by atoms with Crippen LogP contribution in [-0.2, 0) is 9.59 Å². The van der Waals surface area contributed by atoms with Crippen LogP contribution in [0.4, 0.5) is 0 Å². The Bertz CT molecular complexity index is 379. The highest BCUT2D eigenvalue weighted by Crippen LogP contribution is 2.10. The molecule has 90 valence electrons. The van der Waals surface area contributed by atoms with Gasteiger partial charge in [-0.1, -0.05) is 43.3 Å². The van der Waals surface area contributed by atoms with Crippen molar-refractivity contribution in [1.82, 2.24) is 0 Å². The Morgan fingerprint density at radius 2 is 1.94 bits per heavy atom. The fraction of sp³-hybridized carbons (Fsp3) is 0.333. The number of carbonyl (C=O) groups excluding carboxylic acids is 2. The smallest absolute Gasteiger partial charge is 0.155 e. The lowest BCUT2D eigenvalue weighted by atomic mass is 10.0. The van der Waals surface area contributed by atoms with Crippen LogP contribution in [0.15, 0.2) is 42.5 Å². The van der Waals surface area contributed by atoms with Gasteiger partial charge in [0, 0.05) is 12.3 Å². The maximum absolute atomic E-state index is 10.4. The van der Waals surface area contributed by atoms with E-state index >= 15 is 0 Å². The second kappa shape index (κ2) is 7.55. The third kappa shape index (κ3) is 5.25. The first-order valence-corrected chi connectivity index (χ1v) is 5.93. The average molecular weight is 230 g/mol. The first-order chi connectivity index (χ1) is 8.24. The van der Waals surface area contributed by atoms with Crippen LogP contribution in [0.1, 0.15) is 37.7 Å². The third-order valence-corrected chi connectivity index (χ3v) is 2.63. The van der Waals surface area contributed by atoms with Crippen LogP contribution < -0.4 is 0 Å². The summed E-state index contributed by atoms with van der Waals surface area (Å²) < 4.78 is 0. The molecule has 0 amide bonds. The zero-order chi connectivity index (χ0) is 12.5. The molecule has 1 aliphatic rings. The summed E-state index contributed by atoms with van der Waals surface area (Å²) in [6.07, 6.45) is 7.46. The second-order valence-corrected chi connectivity index (χ2v) is 4.10. The van der Waals surface area contributed by atoms with Crippen molar-refractivity contribution in [2.75, 3.05) is 0 Å². The molecule has 0 spiro atoms. The monoisotopic (exact) mass is 230 g/mol. The normalized spacial score (nSPS) is 15.7. The minimum atomic E-state index is 0.0289. The van der Waals surface area contributed by atoms with E-state index in [-0.39, 0.29) is 11.7 Å². The van der Waals surface area contributed by atoms with Gasteiger partial charge >= 0.3 is 0 Å². The van der Waals surface area contributed by atoms with Gasteiger partial charge in [-0.15, -0.1) is 0 Å². The van der Waals surface area contributed by atoms with Crippen LogP contribution in [0.25, 0.3) is 0 Å². The predicted octanol–water partition coefficient (Wildman–Crippen LogP) is 3.28. The average Bonchev–Trinajstić information content (AvgIpc) is 2.40. The van der Waals surface area contributed by atoms with E-state index in [4.69, 9.17) is 0 Å². The van der Waals surface area contributed by atoms with Gasteiger partial charge < -0.3 is 4.79 Å². The minimum absolute atomic E-state index is 0.0289. The van der Waals surface area contributed by atoms with Crippen molar-refractivity contribution >= 4 is 12.1 Å². The number of rotatable bonds is 2. The molecule has 0 N–H and O–H groups in total. The summed E-state index contributed by atoms with van der Waals surface area (Å²) in [6, 6.07) is 9.74. The molecule has 0 fully saturated rings. The van der Waals surface area contributed by atoms with Crippen molar-refractivity contribution in [1.29, 1.82) is 0 Å². The number of benzene rings is 1. The molecule has 17 heavy (non-hydrogen) atoms. The van der Waals surface area contributed by atoms with Crippen LogP contribution in [0.5, 0.6) is 0 Å². The van der Waals surface area contributed by atoms with Gasteiger partial charge in [-0.05, 0) is 24.5 Å². The molecular weight excluding hydrogens is 212 g/mol. The summed E-state index contributed by atoms with van der Waals surface area (Å²) in [5, 5.41) is 0. The summed E-state index contributed by atoms with van der Waals surface area (Å²) in [7, 11) is 0. The first kappa shape index (κ1) is 13.4. The molecule has 1 aromatic rings. The highest BCUT2D eigenvalue weighted by atomic mass is 16.1. The van der Waals surface area contributed by atoms with Gasteiger partial charge in [-0.25, -0.2) is 0 Å². The zero-order valence-corrected chi connectivity index (χ0v) is 10.1. The molecule has 0 aliphatic heterocycles. The van der Waals surface area contributed by atoms with Crippen LogP contribution in [0, 0.1) is 0 Å². The van der Waals surface area contributed by atoms with Gasteiger partial charge in [0.05, 0.1) is 0 Å². The molecule has 2 nitrogen and oxygen atoms in total. The predicted molar refractivity (Wildman–Crippen MR) is 68.9 cm³/mol. The largest absolute Gasteiger partial charge is 0.303 e. The van der Waals surface area contributed by atoms with E-state index in [1.54, 1.807) is 6.08 Å². The molecule has 0 heterocycles. The number of hydrogen-bond acceptors (Lipinski definition) is 2. The number of ketones is 1. The van der Waals surface area contributed by atoms with Gasteiger partial charge in [0.15, 0.2) is 5.78 Å². The summed E-state index contributed by atoms with van der Waals surface area (Å²) in [5.74, 6) is 0.312. The van der Waals surface area contributed by atoms with Crippen molar-refractivity contribution in [3.8, 4) is 0 Å². The van der Waals surface area contributed by atoms with E-state index in [0.29, 0.717) is 0 Å². The number of allylic oxidation sites excluding steroid dienone is 2. The summed E-state index contributed by atoms with van der Waals surface area (Å²) in [5.41, 5.74) is 1.08. The molecule has 1 atom stereocenters. The molecule has 1 aliphatic carbocycles. The molecular formula is C15H18O2. The van der Waals surface area contributed by atoms with Gasteiger partial charge in [0.1, 0.15) is 6.29 Å². The SMILES string of the molecule is CC(C=O)c1ccccc1.O=C1C=CCCC1. The summed E-state index contributed by atoms with van der Waals surface area (Å²) in [6.45, 7) is 1.89. The lowest BCUT2D eigenvalue weighted by Crippen LogP contribution is -1.95. The zero-order valence-electron chi connectivity index (χ0n) is 10.1. The second-order valence-electron chi connectivity index (χ2n) is 4.10. The Morgan fingerprint density at radius 3 is 2.35 bits per heavy atom. The lowest BCUT2D eigenvalue weighted by Gasteiger charge is -2.00. The van der Waals surface area contributed by atoms with Crippen molar-refractivity contribution < 1.29 is 9.59 Å². The van der Waals surface area contributed by atoms with E-state index in [9.17, 15) is 9.59 Å². The standard InChI is InChI=1S/C9H10O.C6H8O/c1-8(7-10)9-5-3-2-4-6-9;7-6-4-2-1-3-5-6/h2-8H,1H3;2,4H,1,3,5H2. The summed E-state index contributed by atoms with van der Waals surface area (Å²) in [4.78, 5) is 20.7. The van der Waals surface area contributed by atoms with E-state index in [0.717, 1.165) is 31.1 Å². The topological polar surface area (TPSA) is 34.1 Å². The molecule has 0 bridgehead atoms. The lowest BCUT2D eigenvalue weighted by molar-refractivity contribution is -0.115. The molecule has 2 heteroatoms. The molecule has 0 aromatic heterocycles. The van der Waals surface area contributed by atoms with Crippen LogP contribution >= 0.6 is 0 Å². The highest BCUT2D eigenvalue weighted by molar-refractivity contribution is 5.90. The Morgan fingerprint density at radius 1 is 1.24 bits per heavy atom. The Hall–Kier alpha value is -1.70. The van der Waals surface area contributed by atoms with Gasteiger partial charge in [-0.2, -0.15) is 0 Å². The molecule has 2 rings (SSSR count).